The quantitative estimate of drug-likeness (QED) is 0.0262. The number of rotatable bonds is 52. The molecule has 6 heteroatoms. The van der Waals surface area contributed by atoms with E-state index in [4.69, 9.17) is 14.2 Å². The van der Waals surface area contributed by atoms with Crippen LogP contribution in [0.4, 0.5) is 0 Å². The van der Waals surface area contributed by atoms with Crippen LogP contribution in [0.5, 0.6) is 0 Å². The van der Waals surface area contributed by atoms with Crippen molar-refractivity contribution in [2.75, 3.05) is 13.2 Å². The Labute approximate surface area is 421 Å². The summed E-state index contributed by atoms with van der Waals surface area (Å²) in [6, 6.07) is 0. The van der Waals surface area contributed by atoms with Crippen molar-refractivity contribution in [2.45, 2.75) is 290 Å². The molecule has 0 saturated carbocycles. The number of carbonyl (C=O) groups is 3. The molecule has 0 aromatic heterocycles. The van der Waals surface area contributed by atoms with Crippen LogP contribution in [0.15, 0.2) is 72.9 Å². The second-order valence-electron chi connectivity index (χ2n) is 19.2. The van der Waals surface area contributed by atoms with Crippen LogP contribution in [0, 0.1) is 0 Å². The first-order valence-electron chi connectivity index (χ1n) is 28.9. The highest BCUT2D eigenvalue weighted by Gasteiger charge is 2.19. The Balaban J connectivity index is 4.37. The molecule has 0 saturated heterocycles. The number of hydrogen-bond donors (Lipinski definition) is 0. The van der Waals surface area contributed by atoms with Gasteiger partial charge in [0, 0.05) is 19.3 Å². The minimum Gasteiger partial charge on any atom is -0.462 e. The van der Waals surface area contributed by atoms with E-state index in [-0.39, 0.29) is 31.1 Å². The van der Waals surface area contributed by atoms with Crippen LogP contribution < -0.4 is 0 Å². The SMILES string of the molecule is CC/C=C\C/C=C\C/C=C\CCCCCC(=O)OCC(COC(=O)CCCCCCCCCCC/C=C\CCCCCCCCCC)OC(=O)CCCCCCC/C=C\C/C=C\CCCCCC. The van der Waals surface area contributed by atoms with Crippen LogP contribution in [0.2, 0.25) is 0 Å². The fraction of sp³-hybridized carbons (Fsp3) is 0.758. The summed E-state index contributed by atoms with van der Waals surface area (Å²) >= 11 is 0. The monoisotopic (exact) mass is 949 g/mol. The molecule has 392 valence electrons. The smallest absolute Gasteiger partial charge is 0.306 e. The minimum atomic E-state index is -0.796. The van der Waals surface area contributed by atoms with Gasteiger partial charge >= 0.3 is 17.9 Å². The molecule has 0 spiro atoms. The Morgan fingerprint density at radius 1 is 0.309 bits per heavy atom. The van der Waals surface area contributed by atoms with Gasteiger partial charge in [0.2, 0.25) is 0 Å². The van der Waals surface area contributed by atoms with Crippen LogP contribution in [0.1, 0.15) is 284 Å². The van der Waals surface area contributed by atoms with E-state index in [2.05, 4.69) is 93.7 Å². The molecule has 0 aromatic rings. The highest BCUT2D eigenvalue weighted by atomic mass is 16.6. The van der Waals surface area contributed by atoms with E-state index >= 15 is 0 Å². The van der Waals surface area contributed by atoms with Crippen molar-refractivity contribution >= 4 is 17.9 Å². The molecule has 0 bridgehead atoms. The van der Waals surface area contributed by atoms with Crippen LogP contribution >= 0.6 is 0 Å². The highest BCUT2D eigenvalue weighted by molar-refractivity contribution is 5.71. The normalized spacial score (nSPS) is 12.6. The van der Waals surface area contributed by atoms with Crippen LogP contribution in [-0.4, -0.2) is 37.2 Å². The predicted molar refractivity (Wildman–Crippen MR) is 293 cm³/mol. The largest absolute Gasteiger partial charge is 0.462 e. The van der Waals surface area contributed by atoms with E-state index in [1.54, 1.807) is 0 Å². The van der Waals surface area contributed by atoms with E-state index in [0.29, 0.717) is 19.3 Å². The molecular weight excluding hydrogens is 841 g/mol. The number of ether oxygens (including phenoxy) is 3. The molecule has 0 aliphatic rings. The second kappa shape index (κ2) is 56.4. The summed E-state index contributed by atoms with van der Waals surface area (Å²) in [5.74, 6) is -0.930. The zero-order chi connectivity index (χ0) is 49.3. The van der Waals surface area contributed by atoms with Gasteiger partial charge in [-0.15, -0.1) is 0 Å². The van der Waals surface area contributed by atoms with Crippen molar-refractivity contribution in [3.8, 4) is 0 Å². The van der Waals surface area contributed by atoms with Gasteiger partial charge in [0.1, 0.15) is 13.2 Å². The molecule has 6 nitrogen and oxygen atoms in total. The molecule has 1 unspecified atom stereocenters. The first kappa shape index (κ1) is 64.8. The van der Waals surface area contributed by atoms with Crippen molar-refractivity contribution in [1.82, 2.24) is 0 Å². The van der Waals surface area contributed by atoms with E-state index < -0.39 is 6.10 Å². The van der Waals surface area contributed by atoms with Crippen molar-refractivity contribution in [1.29, 1.82) is 0 Å². The average Bonchev–Trinajstić information content (AvgIpc) is 3.34. The van der Waals surface area contributed by atoms with E-state index in [0.717, 1.165) is 109 Å². The van der Waals surface area contributed by atoms with Crippen molar-refractivity contribution < 1.29 is 28.6 Å². The van der Waals surface area contributed by atoms with Gasteiger partial charge in [-0.25, -0.2) is 0 Å². The van der Waals surface area contributed by atoms with E-state index in [9.17, 15) is 14.4 Å². The third-order valence-corrected chi connectivity index (χ3v) is 12.4. The zero-order valence-electron chi connectivity index (χ0n) is 44.9. The third-order valence-electron chi connectivity index (χ3n) is 12.4. The van der Waals surface area contributed by atoms with E-state index in [1.165, 1.54) is 135 Å². The molecule has 0 aromatic carbocycles. The summed E-state index contributed by atoms with van der Waals surface area (Å²) in [5.41, 5.74) is 0. The van der Waals surface area contributed by atoms with Gasteiger partial charge in [-0.2, -0.15) is 0 Å². The van der Waals surface area contributed by atoms with E-state index in [1.807, 2.05) is 0 Å². The molecule has 0 aliphatic heterocycles. The average molecular weight is 950 g/mol. The number of allylic oxidation sites excluding steroid dienone is 12. The summed E-state index contributed by atoms with van der Waals surface area (Å²) < 4.78 is 16.8. The number of carbonyl (C=O) groups excluding carboxylic acids is 3. The molecule has 0 fully saturated rings. The van der Waals surface area contributed by atoms with Gasteiger partial charge in [-0.05, 0) is 109 Å². The second-order valence-corrected chi connectivity index (χ2v) is 19.2. The molecule has 0 heterocycles. The summed E-state index contributed by atoms with van der Waals surface area (Å²) in [6.07, 6.45) is 71.8. The Morgan fingerprint density at radius 2 is 0.574 bits per heavy atom. The molecule has 1 atom stereocenters. The van der Waals surface area contributed by atoms with Crippen molar-refractivity contribution in [2.24, 2.45) is 0 Å². The molecule has 0 N–H and O–H groups in total. The summed E-state index contributed by atoms with van der Waals surface area (Å²) in [6.45, 7) is 6.49. The van der Waals surface area contributed by atoms with Crippen molar-refractivity contribution in [3.05, 3.63) is 72.9 Å². The van der Waals surface area contributed by atoms with Gasteiger partial charge in [-0.1, -0.05) is 229 Å². The lowest BCUT2D eigenvalue weighted by Crippen LogP contribution is -2.30. The van der Waals surface area contributed by atoms with Crippen molar-refractivity contribution in [3.63, 3.8) is 0 Å². The first-order chi connectivity index (χ1) is 33.5. The fourth-order valence-electron chi connectivity index (χ4n) is 8.07. The fourth-order valence-corrected chi connectivity index (χ4v) is 8.07. The minimum absolute atomic E-state index is 0.0911. The maximum absolute atomic E-state index is 12.8. The Kier molecular flexibility index (Phi) is 53.8. The Hall–Kier alpha value is -3.15. The highest BCUT2D eigenvalue weighted by Crippen LogP contribution is 2.15. The molecule has 0 amide bonds. The predicted octanol–water partition coefficient (Wildman–Crippen LogP) is 19.4. The summed E-state index contributed by atoms with van der Waals surface area (Å²) in [4.78, 5) is 38.1. The zero-order valence-corrected chi connectivity index (χ0v) is 44.9. The first-order valence-corrected chi connectivity index (χ1v) is 28.9. The van der Waals surface area contributed by atoms with Gasteiger partial charge in [0.15, 0.2) is 6.10 Å². The number of unbranched alkanes of at least 4 members (excludes halogenated alkanes) is 29. The third kappa shape index (κ3) is 53.8. The molecule has 0 aliphatic carbocycles. The van der Waals surface area contributed by atoms with Gasteiger partial charge in [-0.3, -0.25) is 14.4 Å². The molecule has 68 heavy (non-hydrogen) atoms. The Bertz CT molecular complexity index is 1270. The van der Waals surface area contributed by atoms with Crippen LogP contribution in [0.25, 0.3) is 0 Å². The Morgan fingerprint density at radius 3 is 0.941 bits per heavy atom. The van der Waals surface area contributed by atoms with Crippen LogP contribution in [-0.2, 0) is 28.6 Å². The summed E-state index contributed by atoms with van der Waals surface area (Å²) in [7, 11) is 0. The molecule has 0 radical (unpaired) electrons. The van der Waals surface area contributed by atoms with Crippen LogP contribution in [0.3, 0.4) is 0 Å². The maximum Gasteiger partial charge on any atom is 0.306 e. The lowest BCUT2D eigenvalue weighted by atomic mass is 10.1. The number of esters is 3. The molecular formula is C62H108O6. The van der Waals surface area contributed by atoms with Gasteiger partial charge < -0.3 is 14.2 Å². The van der Waals surface area contributed by atoms with Gasteiger partial charge in [0.25, 0.3) is 0 Å². The maximum atomic E-state index is 12.8. The number of hydrogen-bond acceptors (Lipinski definition) is 6. The summed E-state index contributed by atoms with van der Waals surface area (Å²) in [5, 5.41) is 0. The standard InChI is InChI=1S/C62H108O6/c1-4-7-10-13-16-19-22-25-27-29-30-31-32-33-35-37-40-43-46-49-52-55-61(64)67-58-59(57-66-60(63)54-51-48-45-42-39-36-24-21-18-15-12-9-6-3)68-62(65)56-53-50-47-44-41-38-34-28-26-23-20-17-14-11-8-5-2/h9,12,18,20-21,23,28-30,34,36,39,59H,4-8,10-11,13-17,19,22,24-27,31-33,35,37-38,40-58H2,1-3H3/b12-9-,21-18-,23-20-,30-29-,34-28-,39-36-. The lowest BCUT2D eigenvalue weighted by molar-refractivity contribution is -0.167. The molecule has 0 rings (SSSR count). The van der Waals surface area contributed by atoms with Gasteiger partial charge in [0.05, 0.1) is 0 Å². The lowest BCUT2D eigenvalue weighted by Gasteiger charge is -2.18. The topological polar surface area (TPSA) is 78.9 Å².